The molecule has 5 heteroatoms. The molecular formula is C18H19N3O2. The van der Waals surface area contributed by atoms with Crippen LogP contribution in [-0.4, -0.2) is 23.2 Å². The zero-order valence-corrected chi connectivity index (χ0v) is 12.9. The van der Waals surface area contributed by atoms with E-state index < -0.39 is 0 Å². The molecule has 2 N–H and O–H groups in total. The van der Waals surface area contributed by atoms with Crippen molar-refractivity contribution in [2.45, 2.75) is 32.3 Å². The topological polar surface area (TPSA) is 80.1 Å². The first-order valence-corrected chi connectivity index (χ1v) is 8.11. The van der Waals surface area contributed by atoms with E-state index in [0.29, 0.717) is 10.9 Å². The number of aromatic amines is 1. The van der Waals surface area contributed by atoms with E-state index in [2.05, 4.69) is 16.0 Å². The van der Waals surface area contributed by atoms with Gasteiger partial charge in [-0.1, -0.05) is 6.07 Å². The number of pyridine rings is 1. The van der Waals surface area contributed by atoms with Crippen LogP contribution in [-0.2, 0) is 6.61 Å². The largest absolute Gasteiger partial charge is 0.392 e. The number of anilines is 1. The summed E-state index contributed by atoms with van der Waals surface area (Å²) in [5, 5.41) is 19.7. The van der Waals surface area contributed by atoms with Gasteiger partial charge in [-0.15, -0.1) is 0 Å². The number of H-pyrrole nitrogens is 1. The first-order valence-electron chi connectivity index (χ1n) is 8.11. The van der Waals surface area contributed by atoms with Crippen LogP contribution in [0.25, 0.3) is 10.9 Å². The molecule has 1 aromatic heterocycles. The normalized spacial score (nSPS) is 19.0. The molecular weight excluding hydrogens is 290 g/mol. The van der Waals surface area contributed by atoms with Crippen molar-refractivity contribution in [3.8, 4) is 6.07 Å². The molecule has 118 valence electrons. The van der Waals surface area contributed by atoms with Gasteiger partial charge in [0, 0.05) is 18.5 Å². The van der Waals surface area contributed by atoms with Crippen molar-refractivity contribution >= 4 is 16.6 Å². The lowest BCUT2D eigenvalue weighted by molar-refractivity contribution is 0.282. The highest BCUT2D eigenvalue weighted by Gasteiger charge is 2.44. The number of nitrogens with one attached hydrogen (secondary N) is 1. The predicted molar refractivity (Wildman–Crippen MR) is 88.3 cm³/mol. The highest BCUT2D eigenvalue weighted by atomic mass is 16.3. The fraction of sp³-hybridized carbons (Fsp3) is 0.444. The maximum atomic E-state index is 12.3. The lowest BCUT2D eigenvalue weighted by Gasteiger charge is -2.34. The Morgan fingerprint density at radius 2 is 2.00 bits per heavy atom. The van der Waals surface area contributed by atoms with E-state index >= 15 is 0 Å². The van der Waals surface area contributed by atoms with Crippen LogP contribution in [0.15, 0.2) is 23.0 Å². The minimum atomic E-state index is -0.335. The number of fused-ring (bicyclic) bond motifs is 1. The smallest absolute Gasteiger partial charge is 0.268 e. The molecule has 1 aliphatic heterocycles. The molecule has 5 nitrogen and oxygen atoms in total. The Morgan fingerprint density at radius 3 is 2.61 bits per heavy atom. The van der Waals surface area contributed by atoms with Crippen LogP contribution in [0.2, 0.25) is 0 Å². The summed E-state index contributed by atoms with van der Waals surface area (Å²) in [7, 11) is 0. The van der Waals surface area contributed by atoms with Gasteiger partial charge in [-0.05, 0) is 48.8 Å². The molecule has 1 aromatic carbocycles. The molecule has 0 atom stereocenters. The Kier molecular flexibility index (Phi) is 3.17. The summed E-state index contributed by atoms with van der Waals surface area (Å²) in [4.78, 5) is 17.2. The molecule has 23 heavy (non-hydrogen) atoms. The first kappa shape index (κ1) is 14.3. The molecule has 1 aliphatic carbocycles. The van der Waals surface area contributed by atoms with Gasteiger partial charge in [0.25, 0.3) is 5.56 Å². The molecule has 2 aliphatic rings. The number of hydrogen-bond donors (Lipinski definition) is 2. The van der Waals surface area contributed by atoms with Crippen molar-refractivity contribution < 1.29 is 5.11 Å². The predicted octanol–water partition coefficient (Wildman–Crippen LogP) is 2.27. The quantitative estimate of drug-likeness (QED) is 0.892. The minimum absolute atomic E-state index is 0.0560. The summed E-state index contributed by atoms with van der Waals surface area (Å²) in [6, 6.07) is 7.56. The maximum Gasteiger partial charge on any atom is 0.268 e. The van der Waals surface area contributed by atoms with Crippen LogP contribution in [0, 0.1) is 16.7 Å². The van der Waals surface area contributed by atoms with E-state index in [1.807, 2.05) is 6.07 Å². The Balaban J connectivity index is 1.88. The van der Waals surface area contributed by atoms with Gasteiger partial charge >= 0.3 is 0 Å². The van der Waals surface area contributed by atoms with Crippen molar-refractivity contribution in [2.75, 3.05) is 18.0 Å². The van der Waals surface area contributed by atoms with E-state index in [0.717, 1.165) is 42.6 Å². The van der Waals surface area contributed by atoms with E-state index in [1.54, 1.807) is 12.1 Å². The van der Waals surface area contributed by atoms with Crippen LogP contribution in [0.3, 0.4) is 0 Å². The highest BCUT2D eigenvalue weighted by Crippen LogP contribution is 2.54. The number of rotatable bonds is 2. The minimum Gasteiger partial charge on any atom is -0.392 e. The van der Waals surface area contributed by atoms with Crippen molar-refractivity contribution in [1.29, 1.82) is 5.26 Å². The number of benzene rings is 1. The monoisotopic (exact) mass is 309 g/mol. The number of nitriles is 1. The lowest BCUT2D eigenvalue weighted by atomic mass is 9.92. The van der Waals surface area contributed by atoms with Gasteiger partial charge in [-0.25, -0.2) is 0 Å². The summed E-state index contributed by atoms with van der Waals surface area (Å²) in [6.07, 6.45) is 4.89. The Labute approximate surface area is 134 Å². The molecule has 2 fully saturated rings. The van der Waals surface area contributed by atoms with Gasteiger partial charge in [0.1, 0.15) is 11.6 Å². The molecule has 0 bridgehead atoms. The third kappa shape index (κ3) is 2.30. The molecule has 0 unspecified atom stereocenters. The highest BCUT2D eigenvalue weighted by molar-refractivity contribution is 5.95. The number of piperidine rings is 1. The third-order valence-electron chi connectivity index (χ3n) is 5.44. The van der Waals surface area contributed by atoms with Crippen molar-refractivity contribution in [1.82, 2.24) is 4.98 Å². The number of aliphatic hydroxyl groups excluding tert-OH is 1. The fourth-order valence-electron chi connectivity index (χ4n) is 3.74. The van der Waals surface area contributed by atoms with Crippen molar-refractivity contribution in [3.63, 3.8) is 0 Å². The second-order valence-electron chi connectivity index (χ2n) is 6.81. The Hall–Kier alpha value is -2.32. The van der Waals surface area contributed by atoms with Gasteiger partial charge in [0.15, 0.2) is 0 Å². The molecule has 4 rings (SSSR count). The van der Waals surface area contributed by atoms with Gasteiger partial charge in [-0.2, -0.15) is 5.26 Å². The molecule has 1 spiro atoms. The molecule has 1 saturated heterocycles. The summed E-state index contributed by atoms with van der Waals surface area (Å²) in [5.74, 6) is 0. The maximum absolute atomic E-state index is 12.3. The number of aliphatic hydroxyl groups is 1. The van der Waals surface area contributed by atoms with E-state index in [4.69, 9.17) is 0 Å². The van der Waals surface area contributed by atoms with E-state index in [1.165, 1.54) is 12.8 Å². The third-order valence-corrected chi connectivity index (χ3v) is 5.44. The zero-order valence-electron chi connectivity index (χ0n) is 12.9. The van der Waals surface area contributed by atoms with Crippen LogP contribution < -0.4 is 10.5 Å². The van der Waals surface area contributed by atoms with Crippen molar-refractivity contribution in [2.24, 2.45) is 5.41 Å². The van der Waals surface area contributed by atoms with E-state index in [-0.39, 0.29) is 17.7 Å². The lowest BCUT2D eigenvalue weighted by Crippen LogP contribution is -2.36. The second kappa shape index (κ2) is 5.10. The van der Waals surface area contributed by atoms with Crippen LogP contribution in [0.5, 0.6) is 0 Å². The summed E-state index contributed by atoms with van der Waals surface area (Å²) in [5.41, 5.74) is 2.62. The average Bonchev–Trinajstić information content (AvgIpc) is 3.33. The van der Waals surface area contributed by atoms with Gasteiger partial charge in [-0.3, -0.25) is 4.79 Å². The molecule has 2 heterocycles. The summed E-state index contributed by atoms with van der Waals surface area (Å²) in [6.45, 7) is 1.71. The number of hydrogen-bond acceptors (Lipinski definition) is 4. The van der Waals surface area contributed by atoms with Crippen LogP contribution >= 0.6 is 0 Å². The Bertz CT molecular complexity index is 864. The standard InChI is InChI=1S/C18H19N3O2/c19-10-14-16(21-7-5-18(3-4-18)6-8-21)13-9-12(11-22)1-2-15(13)20-17(14)23/h1-2,9,22H,3-8,11H2,(H,20,23). The molecule has 0 radical (unpaired) electrons. The van der Waals surface area contributed by atoms with Gasteiger partial charge in [0.2, 0.25) is 0 Å². The second-order valence-corrected chi connectivity index (χ2v) is 6.81. The molecule has 0 amide bonds. The number of aromatic nitrogens is 1. The van der Waals surface area contributed by atoms with Crippen LogP contribution in [0.4, 0.5) is 5.69 Å². The molecule has 1 saturated carbocycles. The number of nitrogens with zero attached hydrogens (tertiary/aromatic N) is 2. The summed E-state index contributed by atoms with van der Waals surface area (Å²) >= 11 is 0. The average molecular weight is 309 g/mol. The zero-order chi connectivity index (χ0) is 16.0. The van der Waals surface area contributed by atoms with Crippen LogP contribution in [0.1, 0.15) is 36.8 Å². The molecule has 2 aromatic rings. The van der Waals surface area contributed by atoms with Gasteiger partial charge < -0.3 is 15.0 Å². The Morgan fingerprint density at radius 1 is 1.26 bits per heavy atom. The van der Waals surface area contributed by atoms with Crippen molar-refractivity contribution in [3.05, 3.63) is 39.7 Å². The fourth-order valence-corrected chi connectivity index (χ4v) is 3.74. The SMILES string of the molecule is N#Cc1c(N2CCC3(CC2)CC3)c2cc(CO)ccc2[nH]c1=O. The van der Waals surface area contributed by atoms with E-state index in [9.17, 15) is 15.2 Å². The summed E-state index contributed by atoms with van der Waals surface area (Å²) < 4.78 is 0. The first-order chi connectivity index (χ1) is 11.2. The van der Waals surface area contributed by atoms with Gasteiger partial charge in [0.05, 0.1) is 17.8 Å².